The Morgan fingerprint density at radius 1 is 1.56 bits per heavy atom. The number of hydrogen-bond donors (Lipinski definition) is 3. The highest BCUT2D eigenvalue weighted by molar-refractivity contribution is 6.33. The van der Waals surface area contributed by atoms with Crippen LogP contribution in [0.2, 0.25) is 5.02 Å². The Hall–Kier alpha value is -0.970. The zero-order chi connectivity index (χ0) is 11.6. The standard InChI is InChI=1S/C11H15ClN2O2/c12-8-2-1-3-9(13)10(8)14-6-11(15)4-5-16-7-11/h1-3,14-15H,4-7,13H2. The third kappa shape index (κ3) is 2.40. The van der Waals surface area contributed by atoms with Crippen molar-refractivity contribution < 1.29 is 9.84 Å². The summed E-state index contributed by atoms with van der Waals surface area (Å²) < 4.78 is 5.15. The van der Waals surface area contributed by atoms with Gasteiger partial charge in [-0.3, -0.25) is 0 Å². The van der Waals surface area contributed by atoms with Crippen molar-refractivity contribution in [1.82, 2.24) is 0 Å². The lowest BCUT2D eigenvalue weighted by molar-refractivity contribution is 0.0382. The first-order valence-corrected chi connectivity index (χ1v) is 5.56. The zero-order valence-corrected chi connectivity index (χ0v) is 9.63. The van der Waals surface area contributed by atoms with Crippen molar-refractivity contribution in [2.75, 3.05) is 30.8 Å². The van der Waals surface area contributed by atoms with Crippen LogP contribution in [0.1, 0.15) is 6.42 Å². The fourth-order valence-corrected chi connectivity index (χ4v) is 1.96. The molecule has 1 unspecified atom stereocenters. The molecule has 1 aromatic rings. The molecule has 0 bridgehead atoms. The number of anilines is 2. The van der Waals surface area contributed by atoms with Gasteiger partial charge in [-0.1, -0.05) is 17.7 Å². The third-order valence-corrected chi connectivity index (χ3v) is 3.04. The van der Waals surface area contributed by atoms with Gasteiger partial charge in [0.05, 0.1) is 23.0 Å². The van der Waals surface area contributed by atoms with E-state index in [2.05, 4.69) is 5.32 Å². The largest absolute Gasteiger partial charge is 0.397 e. The molecule has 1 saturated heterocycles. The summed E-state index contributed by atoms with van der Waals surface area (Å²) in [4.78, 5) is 0. The third-order valence-electron chi connectivity index (χ3n) is 2.72. The molecule has 0 saturated carbocycles. The number of nitrogens with two attached hydrogens (primary N) is 1. The van der Waals surface area contributed by atoms with Gasteiger partial charge >= 0.3 is 0 Å². The average molecular weight is 243 g/mol. The van der Waals surface area contributed by atoms with E-state index in [0.717, 1.165) is 0 Å². The van der Waals surface area contributed by atoms with Gasteiger partial charge in [0.15, 0.2) is 0 Å². The molecular formula is C11H15ClN2O2. The van der Waals surface area contributed by atoms with Crippen LogP contribution in [-0.2, 0) is 4.74 Å². The molecule has 0 aliphatic carbocycles. The molecule has 0 aromatic heterocycles. The van der Waals surface area contributed by atoms with Gasteiger partial charge in [0.1, 0.15) is 5.60 Å². The molecular weight excluding hydrogens is 228 g/mol. The van der Waals surface area contributed by atoms with Crippen LogP contribution in [0.4, 0.5) is 11.4 Å². The molecule has 1 aromatic carbocycles. The molecule has 4 nitrogen and oxygen atoms in total. The first-order chi connectivity index (χ1) is 7.61. The lowest BCUT2D eigenvalue weighted by Crippen LogP contribution is -2.37. The summed E-state index contributed by atoms with van der Waals surface area (Å²) in [6.45, 7) is 1.33. The Bertz CT molecular complexity index is 358. The van der Waals surface area contributed by atoms with E-state index in [0.29, 0.717) is 42.6 Å². The quantitative estimate of drug-likeness (QED) is 0.703. The summed E-state index contributed by atoms with van der Waals surface area (Å²) in [6, 6.07) is 5.31. The van der Waals surface area contributed by atoms with E-state index in [1.807, 2.05) is 0 Å². The minimum atomic E-state index is -0.814. The van der Waals surface area contributed by atoms with Gasteiger partial charge in [0.25, 0.3) is 0 Å². The van der Waals surface area contributed by atoms with Crippen molar-refractivity contribution in [3.8, 4) is 0 Å². The number of para-hydroxylation sites is 1. The van der Waals surface area contributed by atoms with Crippen LogP contribution < -0.4 is 11.1 Å². The number of rotatable bonds is 3. The van der Waals surface area contributed by atoms with E-state index in [-0.39, 0.29) is 0 Å². The zero-order valence-electron chi connectivity index (χ0n) is 8.87. The molecule has 4 N–H and O–H groups in total. The van der Waals surface area contributed by atoms with Crippen LogP contribution in [0.3, 0.4) is 0 Å². The first kappa shape index (κ1) is 11.5. The lowest BCUT2D eigenvalue weighted by Gasteiger charge is -2.22. The van der Waals surface area contributed by atoms with Crippen molar-refractivity contribution in [2.24, 2.45) is 0 Å². The van der Waals surface area contributed by atoms with E-state index < -0.39 is 5.60 Å². The monoisotopic (exact) mass is 242 g/mol. The SMILES string of the molecule is Nc1cccc(Cl)c1NCC1(O)CCOC1. The summed E-state index contributed by atoms with van der Waals surface area (Å²) in [5, 5.41) is 13.7. The number of nitrogens with one attached hydrogen (secondary N) is 1. The smallest absolute Gasteiger partial charge is 0.107 e. The average Bonchev–Trinajstić information content (AvgIpc) is 2.65. The van der Waals surface area contributed by atoms with E-state index in [1.165, 1.54) is 0 Å². The maximum Gasteiger partial charge on any atom is 0.107 e. The van der Waals surface area contributed by atoms with Crippen LogP contribution in [-0.4, -0.2) is 30.5 Å². The van der Waals surface area contributed by atoms with Gasteiger partial charge in [0, 0.05) is 19.6 Å². The molecule has 16 heavy (non-hydrogen) atoms. The normalized spacial score (nSPS) is 24.6. The molecule has 0 amide bonds. The van der Waals surface area contributed by atoms with Crippen LogP contribution in [0.25, 0.3) is 0 Å². The van der Waals surface area contributed by atoms with E-state index >= 15 is 0 Å². The minimum absolute atomic E-state index is 0.352. The molecule has 88 valence electrons. The minimum Gasteiger partial charge on any atom is -0.397 e. The highest BCUT2D eigenvalue weighted by Crippen LogP contribution is 2.29. The molecule has 1 heterocycles. The van der Waals surface area contributed by atoms with Crippen molar-refractivity contribution in [3.63, 3.8) is 0 Å². The summed E-state index contributed by atoms with van der Waals surface area (Å²) in [5.74, 6) is 0. The molecule has 1 aliphatic heterocycles. The number of ether oxygens (including phenoxy) is 1. The van der Waals surface area contributed by atoms with E-state index in [9.17, 15) is 5.11 Å². The van der Waals surface area contributed by atoms with Crippen molar-refractivity contribution in [2.45, 2.75) is 12.0 Å². The second kappa shape index (κ2) is 4.49. The van der Waals surface area contributed by atoms with Crippen molar-refractivity contribution >= 4 is 23.0 Å². The second-order valence-corrected chi connectivity index (χ2v) is 4.49. The number of aliphatic hydroxyl groups is 1. The van der Waals surface area contributed by atoms with Gasteiger partial charge < -0.3 is 20.9 Å². The summed E-state index contributed by atoms with van der Waals surface area (Å²) in [7, 11) is 0. The number of halogens is 1. The highest BCUT2D eigenvalue weighted by Gasteiger charge is 2.32. The molecule has 5 heteroatoms. The predicted molar refractivity (Wildman–Crippen MR) is 64.7 cm³/mol. The van der Waals surface area contributed by atoms with Crippen molar-refractivity contribution in [3.05, 3.63) is 23.2 Å². The number of nitrogen functional groups attached to an aromatic ring is 1. The number of benzene rings is 1. The Labute approximate surface area is 99.4 Å². The maximum absolute atomic E-state index is 10.1. The van der Waals surface area contributed by atoms with Gasteiger partial charge in [-0.25, -0.2) is 0 Å². The molecule has 0 spiro atoms. The fraction of sp³-hybridized carbons (Fsp3) is 0.455. The summed E-state index contributed by atoms with van der Waals surface area (Å²) >= 11 is 6.00. The lowest BCUT2D eigenvalue weighted by atomic mass is 10.0. The van der Waals surface area contributed by atoms with Gasteiger partial charge in [-0.15, -0.1) is 0 Å². The predicted octanol–water partition coefficient (Wildman–Crippen LogP) is 1.49. The maximum atomic E-state index is 10.1. The van der Waals surface area contributed by atoms with E-state index in [1.54, 1.807) is 18.2 Å². The second-order valence-electron chi connectivity index (χ2n) is 4.08. The van der Waals surface area contributed by atoms with Gasteiger partial charge in [-0.05, 0) is 12.1 Å². The molecule has 2 rings (SSSR count). The Balaban J connectivity index is 2.04. The van der Waals surface area contributed by atoms with Crippen molar-refractivity contribution in [1.29, 1.82) is 0 Å². The Morgan fingerprint density at radius 3 is 3.00 bits per heavy atom. The molecule has 0 radical (unpaired) electrons. The molecule has 1 fully saturated rings. The summed E-state index contributed by atoms with van der Waals surface area (Å²) in [6.07, 6.45) is 0.629. The topological polar surface area (TPSA) is 67.5 Å². The Kier molecular flexibility index (Phi) is 3.23. The summed E-state index contributed by atoms with van der Waals surface area (Å²) in [5.41, 5.74) is 6.23. The van der Waals surface area contributed by atoms with E-state index in [4.69, 9.17) is 22.1 Å². The first-order valence-electron chi connectivity index (χ1n) is 5.19. The van der Waals surface area contributed by atoms with Crippen LogP contribution in [0.15, 0.2) is 18.2 Å². The van der Waals surface area contributed by atoms with Crippen LogP contribution in [0.5, 0.6) is 0 Å². The van der Waals surface area contributed by atoms with Gasteiger partial charge in [0.2, 0.25) is 0 Å². The molecule has 1 aliphatic rings. The Morgan fingerprint density at radius 2 is 2.38 bits per heavy atom. The van der Waals surface area contributed by atoms with Crippen LogP contribution >= 0.6 is 11.6 Å². The van der Waals surface area contributed by atoms with Crippen LogP contribution in [0, 0.1) is 0 Å². The van der Waals surface area contributed by atoms with Gasteiger partial charge in [-0.2, -0.15) is 0 Å². The fourth-order valence-electron chi connectivity index (χ4n) is 1.72. The molecule has 1 atom stereocenters. The number of hydrogen-bond acceptors (Lipinski definition) is 4. The highest BCUT2D eigenvalue weighted by atomic mass is 35.5.